The van der Waals surface area contributed by atoms with E-state index in [-0.39, 0.29) is 0 Å². The summed E-state index contributed by atoms with van der Waals surface area (Å²) in [6, 6.07) is 8.90. The van der Waals surface area contributed by atoms with Gasteiger partial charge in [-0.1, -0.05) is 25.1 Å². The minimum Gasteiger partial charge on any atom is -0.256 e. The normalized spacial score (nSPS) is 11.7. The van der Waals surface area contributed by atoms with Gasteiger partial charge in [0.2, 0.25) is 0 Å². The molecule has 21 heavy (non-hydrogen) atoms. The first-order chi connectivity index (χ1) is 10.0. The zero-order valence-electron chi connectivity index (χ0n) is 12.9. The van der Waals surface area contributed by atoms with E-state index in [1.165, 1.54) is 5.56 Å². The Hall–Kier alpha value is -2.23. The fourth-order valence-corrected chi connectivity index (χ4v) is 2.31. The number of hydrogen-bond acceptors (Lipinski definition) is 3. The van der Waals surface area contributed by atoms with Crippen molar-refractivity contribution >= 4 is 10.9 Å². The molecule has 0 fully saturated rings. The van der Waals surface area contributed by atoms with Gasteiger partial charge in [0.1, 0.15) is 5.69 Å². The van der Waals surface area contributed by atoms with Gasteiger partial charge in [-0.2, -0.15) is 0 Å². The van der Waals surface area contributed by atoms with Gasteiger partial charge >= 0.3 is 0 Å². The van der Waals surface area contributed by atoms with E-state index in [1.54, 1.807) is 0 Å². The molecule has 0 unspecified atom stereocenters. The third-order valence-electron chi connectivity index (χ3n) is 3.71. The quantitative estimate of drug-likeness (QED) is 0.722. The number of benzene rings is 1. The molecule has 1 aromatic carbocycles. The molecule has 2 aromatic heterocycles. The highest BCUT2D eigenvalue weighted by Crippen LogP contribution is 2.24. The van der Waals surface area contributed by atoms with Gasteiger partial charge in [0, 0.05) is 23.2 Å². The molecule has 108 valence electrons. The molecule has 0 amide bonds. The third-order valence-corrected chi connectivity index (χ3v) is 3.71. The standard InChI is InChI=1S/C17H20N4/c1-11(2)13-5-6-16-14(7-13)8-15(9-18-16)17-10-21(12(3)4)20-19-17/h5-12H,1-4H3. The number of aromatic nitrogens is 4. The summed E-state index contributed by atoms with van der Waals surface area (Å²) in [6.45, 7) is 8.58. The Morgan fingerprint density at radius 2 is 1.86 bits per heavy atom. The van der Waals surface area contributed by atoms with Crippen molar-refractivity contribution in [3.8, 4) is 11.3 Å². The molecule has 0 spiro atoms. The predicted molar refractivity (Wildman–Crippen MR) is 85.2 cm³/mol. The molecule has 2 heterocycles. The minimum atomic E-state index is 0.312. The van der Waals surface area contributed by atoms with Gasteiger partial charge in [0.15, 0.2) is 0 Å². The SMILES string of the molecule is CC(C)c1ccc2ncc(-c3cn(C(C)C)nn3)cc2c1. The number of fused-ring (bicyclic) bond motifs is 1. The monoisotopic (exact) mass is 280 g/mol. The van der Waals surface area contributed by atoms with Crippen LogP contribution in [0, 0.1) is 0 Å². The summed E-state index contributed by atoms with van der Waals surface area (Å²) in [6.07, 6.45) is 3.84. The maximum atomic E-state index is 4.54. The van der Waals surface area contributed by atoms with Crippen LogP contribution in [-0.2, 0) is 0 Å². The minimum absolute atomic E-state index is 0.312. The first kappa shape index (κ1) is 13.7. The summed E-state index contributed by atoms with van der Waals surface area (Å²) in [5.74, 6) is 0.514. The van der Waals surface area contributed by atoms with E-state index >= 15 is 0 Å². The summed E-state index contributed by atoms with van der Waals surface area (Å²) in [7, 11) is 0. The second-order valence-corrected chi connectivity index (χ2v) is 6.01. The van der Waals surface area contributed by atoms with Crippen molar-refractivity contribution < 1.29 is 0 Å². The van der Waals surface area contributed by atoms with Gasteiger partial charge in [0.25, 0.3) is 0 Å². The van der Waals surface area contributed by atoms with Crippen molar-refractivity contribution in [2.24, 2.45) is 0 Å². The molecule has 0 atom stereocenters. The van der Waals surface area contributed by atoms with Gasteiger partial charge < -0.3 is 0 Å². The molecular weight excluding hydrogens is 260 g/mol. The van der Waals surface area contributed by atoms with Crippen molar-refractivity contribution in [2.75, 3.05) is 0 Å². The van der Waals surface area contributed by atoms with Crippen LogP contribution in [0.4, 0.5) is 0 Å². The molecule has 0 saturated carbocycles. The van der Waals surface area contributed by atoms with Crippen LogP contribution in [0.15, 0.2) is 36.7 Å². The fourth-order valence-electron chi connectivity index (χ4n) is 2.31. The molecule has 3 rings (SSSR count). The summed E-state index contributed by atoms with van der Waals surface area (Å²) >= 11 is 0. The van der Waals surface area contributed by atoms with E-state index < -0.39 is 0 Å². The lowest BCUT2D eigenvalue weighted by atomic mass is 10.0. The third kappa shape index (κ3) is 2.66. The lowest BCUT2D eigenvalue weighted by Gasteiger charge is -2.07. The number of pyridine rings is 1. The van der Waals surface area contributed by atoms with Crippen molar-refractivity contribution in [3.63, 3.8) is 0 Å². The average Bonchev–Trinajstić information content (AvgIpc) is 2.96. The maximum Gasteiger partial charge on any atom is 0.114 e. The molecule has 4 heteroatoms. The van der Waals surface area contributed by atoms with Crippen molar-refractivity contribution in [1.29, 1.82) is 0 Å². The van der Waals surface area contributed by atoms with Crippen LogP contribution in [-0.4, -0.2) is 20.0 Å². The van der Waals surface area contributed by atoms with E-state index in [1.807, 2.05) is 17.1 Å². The molecule has 0 aliphatic carbocycles. The maximum absolute atomic E-state index is 4.54. The van der Waals surface area contributed by atoms with Crippen LogP contribution in [0.5, 0.6) is 0 Å². The van der Waals surface area contributed by atoms with Crippen molar-refractivity contribution in [3.05, 3.63) is 42.2 Å². The molecule has 0 bridgehead atoms. The lowest BCUT2D eigenvalue weighted by Crippen LogP contribution is -2.00. The lowest BCUT2D eigenvalue weighted by molar-refractivity contribution is 0.514. The summed E-state index contributed by atoms with van der Waals surface area (Å²) in [5.41, 5.74) is 4.22. The van der Waals surface area contributed by atoms with E-state index in [4.69, 9.17) is 0 Å². The smallest absolute Gasteiger partial charge is 0.114 e. The number of hydrogen-bond donors (Lipinski definition) is 0. The average molecular weight is 280 g/mol. The predicted octanol–water partition coefficient (Wildman–Crippen LogP) is 4.20. The molecule has 4 nitrogen and oxygen atoms in total. The Balaban J connectivity index is 2.06. The molecule has 0 radical (unpaired) electrons. The summed E-state index contributed by atoms with van der Waals surface area (Å²) in [4.78, 5) is 4.54. The Bertz CT molecular complexity index is 771. The molecule has 0 saturated heterocycles. The Kier molecular flexibility index (Phi) is 3.45. The molecule has 3 aromatic rings. The Labute approximate surface area is 124 Å². The van der Waals surface area contributed by atoms with E-state index in [0.29, 0.717) is 12.0 Å². The first-order valence-corrected chi connectivity index (χ1v) is 7.36. The zero-order chi connectivity index (χ0) is 15.0. The van der Waals surface area contributed by atoms with E-state index in [2.05, 4.69) is 67.3 Å². The molecule has 0 aliphatic heterocycles. The second kappa shape index (κ2) is 5.28. The van der Waals surface area contributed by atoms with Gasteiger partial charge in [-0.3, -0.25) is 4.98 Å². The number of nitrogens with zero attached hydrogens (tertiary/aromatic N) is 4. The van der Waals surface area contributed by atoms with E-state index in [9.17, 15) is 0 Å². The first-order valence-electron chi connectivity index (χ1n) is 7.36. The highest BCUT2D eigenvalue weighted by atomic mass is 15.4. The van der Waals surface area contributed by atoms with Crippen LogP contribution in [0.3, 0.4) is 0 Å². The Morgan fingerprint density at radius 3 is 2.52 bits per heavy atom. The molecular formula is C17H20N4. The summed E-state index contributed by atoms with van der Waals surface area (Å²) in [5, 5.41) is 9.55. The van der Waals surface area contributed by atoms with Gasteiger partial charge in [-0.15, -0.1) is 5.10 Å². The fraction of sp³-hybridized carbons (Fsp3) is 0.353. The highest BCUT2D eigenvalue weighted by molar-refractivity contribution is 5.83. The van der Waals surface area contributed by atoms with Crippen LogP contribution < -0.4 is 0 Å². The van der Waals surface area contributed by atoms with Crippen LogP contribution >= 0.6 is 0 Å². The Morgan fingerprint density at radius 1 is 1.05 bits per heavy atom. The van der Waals surface area contributed by atoms with Crippen LogP contribution in [0.2, 0.25) is 0 Å². The van der Waals surface area contributed by atoms with Crippen LogP contribution in [0.1, 0.15) is 45.2 Å². The van der Waals surface area contributed by atoms with Crippen molar-refractivity contribution in [1.82, 2.24) is 20.0 Å². The number of rotatable bonds is 3. The van der Waals surface area contributed by atoms with Crippen molar-refractivity contribution in [2.45, 2.75) is 39.7 Å². The molecule has 0 N–H and O–H groups in total. The highest BCUT2D eigenvalue weighted by Gasteiger charge is 2.08. The second-order valence-electron chi connectivity index (χ2n) is 6.01. The topological polar surface area (TPSA) is 43.6 Å². The van der Waals surface area contributed by atoms with Crippen LogP contribution in [0.25, 0.3) is 22.2 Å². The zero-order valence-corrected chi connectivity index (χ0v) is 12.9. The largest absolute Gasteiger partial charge is 0.256 e. The van der Waals surface area contributed by atoms with Gasteiger partial charge in [-0.05, 0) is 43.5 Å². The van der Waals surface area contributed by atoms with Gasteiger partial charge in [0.05, 0.1) is 11.7 Å². The van der Waals surface area contributed by atoms with E-state index in [0.717, 1.165) is 22.2 Å². The van der Waals surface area contributed by atoms with Gasteiger partial charge in [-0.25, -0.2) is 4.68 Å². The molecule has 0 aliphatic rings. The summed E-state index contributed by atoms with van der Waals surface area (Å²) < 4.78 is 1.87.